The first-order valence-electron chi connectivity index (χ1n) is 10.6. The monoisotopic (exact) mass is 409 g/mol. The van der Waals surface area contributed by atoms with E-state index in [2.05, 4.69) is 5.32 Å². The van der Waals surface area contributed by atoms with E-state index in [-0.39, 0.29) is 24.0 Å². The molecule has 6 nitrogen and oxygen atoms in total. The van der Waals surface area contributed by atoms with Crippen molar-refractivity contribution >= 4 is 17.5 Å². The van der Waals surface area contributed by atoms with Gasteiger partial charge in [0.1, 0.15) is 0 Å². The van der Waals surface area contributed by atoms with Crippen molar-refractivity contribution in [1.29, 1.82) is 0 Å². The van der Waals surface area contributed by atoms with Crippen LogP contribution in [0.3, 0.4) is 0 Å². The molecule has 1 heterocycles. The van der Waals surface area contributed by atoms with Crippen molar-refractivity contribution in [3.63, 3.8) is 0 Å². The van der Waals surface area contributed by atoms with Gasteiger partial charge in [-0.3, -0.25) is 9.59 Å². The number of carbonyl (C=O) groups is 2. The predicted molar refractivity (Wildman–Crippen MR) is 119 cm³/mol. The van der Waals surface area contributed by atoms with Gasteiger partial charge in [-0.25, -0.2) is 0 Å². The number of likely N-dealkylation sites (N-methyl/N-ethyl adjacent to an activating group) is 1. The maximum Gasteiger partial charge on any atom is 0.254 e. The molecule has 0 aromatic heterocycles. The number of hydrogen-bond donors (Lipinski definition) is 1. The van der Waals surface area contributed by atoms with Gasteiger partial charge in [-0.1, -0.05) is 30.3 Å². The molecule has 30 heavy (non-hydrogen) atoms. The molecular weight excluding hydrogens is 378 g/mol. The fourth-order valence-corrected chi connectivity index (χ4v) is 3.75. The van der Waals surface area contributed by atoms with Gasteiger partial charge in [0.05, 0.1) is 18.8 Å². The number of hydrogen-bond acceptors (Lipinski definition) is 4. The summed E-state index contributed by atoms with van der Waals surface area (Å²) < 4.78 is 5.70. The number of para-hydroxylation sites is 1. The molecule has 3 rings (SSSR count). The zero-order chi connectivity index (χ0) is 21.5. The first-order chi connectivity index (χ1) is 14.5. The minimum atomic E-state index is -0.0304. The molecule has 160 valence electrons. The average molecular weight is 410 g/mol. The molecule has 2 unspecified atom stereocenters. The maximum absolute atomic E-state index is 12.8. The van der Waals surface area contributed by atoms with Gasteiger partial charge in [0, 0.05) is 37.4 Å². The van der Waals surface area contributed by atoms with Gasteiger partial charge < -0.3 is 19.9 Å². The Labute approximate surface area is 178 Å². The first-order valence-corrected chi connectivity index (χ1v) is 10.6. The average Bonchev–Trinajstić information content (AvgIpc) is 2.76. The minimum absolute atomic E-state index is 0.0223. The van der Waals surface area contributed by atoms with E-state index >= 15 is 0 Å². The smallest absolute Gasteiger partial charge is 0.254 e. The van der Waals surface area contributed by atoms with Crippen molar-refractivity contribution in [2.24, 2.45) is 0 Å². The number of carbonyl (C=O) groups excluding carboxylic acids is 2. The second-order valence-corrected chi connectivity index (χ2v) is 7.79. The fraction of sp³-hybridized carbons (Fsp3) is 0.417. The van der Waals surface area contributed by atoms with Crippen molar-refractivity contribution in [1.82, 2.24) is 10.2 Å². The topological polar surface area (TPSA) is 61.9 Å². The summed E-state index contributed by atoms with van der Waals surface area (Å²) in [6.07, 6.45) is 0.0940. The van der Waals surface area contributed by atoms with E-state index in [1.54, 1.807) is 0 Å². The highest BCUT2D eigenvalue weighted by molar-refractivity contribution is 5.94. The lowest BCUT2D eigenvalue weighted by molar-refractivity contribution is -0.119. The zero-order valence-electron chi connectivity index (χ0n) is 18.0. The highest BCUT2D eigenvalue weighted by atomic mass is 16.5. The Bertz CT molecular complexity index is 829. The molecule has 6 heteroatoms. The van der Waals surface area contributed by atoms with Crippen LogP contribution in [-0.2, 0) is 16.1 Å². The highest BCUT2D eigenvalue weighted by Gasteiger charge is 2.26. The molecule has 0 bridgehead atoms. The molecule has 1 saturated heterocycles. The van der Waals surface area contributed by atoms with E-state index in [9.17, 15) is 9.59 Å². The Morgan fingerprint density at radius 2 is 1.67 bits per heavy atom. The van der Waals surface area contributed by atoms with Crippen LogP contribution in [0.25, 0.3) is 0 Å². The predicted octanol–water partition coefficient (Wildman–Crippen LogP) is 3.08. The van der Waals surface area contributed by atoms with E-state index in [0.29, 0.717) is 31.7 Å². The SMILES string of the molecule is CCN(CC(=O)NCc1ccc(C(=O)N2CC(C)OC(C)C2)cc1)c1ccccc1. The lowest BCUT2D eigenvalue weighted by atomic mass is 10.1. The van der Waals surface area contributed by atoms with Crippen molar-refractivity contribution in [3.8, 4) is 0 Å². The molecule has 1 fully saturated rings. The maximum atomic E-state index is 12.8. The summed E-state index contributed by atoms with van der Waals surface area (Å²) in [6, 6.07) is 17.4. The second-order valence-electron chi connectivity index (χ2n) is 7.79. The summed E-state index contributed by atoms with van der Waals surface area (Å²) in [6.45, 7) is 8.72. The third-order valence-electron chi connectivity index (χ3n) is 5.23. The lowest BCUT2D eigenvalue weighted by Gasteiger charge is -2.35. The summed E-state index contributed by atoms with van der Waals surface area (Å²) in [4.78, 5) is 29.0. The van der Waals surface area contributed by atoms with Crippen molar-refractivity contribution in [2.45, 2.75) is 39.5 Å². The Morgan fingerprint density at radius 3 is 2.27 bits per heavy atom. The van der Waals surface area contributed by atoms with Crippen LogP contribution in [0.2, 0.25) is 0 Å². The third-order valence-corrected chi connectivity index (χ3v) is 5.23. The quantitative estimate of drug-likeness (QED) is 0.763. The van der Waals surface area contributed by atoms with Crippen molar-refractivity contribution in [2.75, 3.05) is 31.1 Å². The Balaban J connectivity index is 1.51. The minimum Gasteiger partial charge on any atom is -0.372 e. The molecule has 1 N–H and O–H groups in total. The van der Waals surface area contributed by atoms with Crippen LogP contribution in [-0.4, -0.2) is 55.1 Å². The second kappa shape index (κ2) is 10.3. The Hall–Kier alpha value is -2.86. The van der Waals surface area contributed by atoms with Gasteiger partial charge in [0.25, 0.3) is 5.91 Å². The summed E-state index contributed by atoms with van der Waals surface area (Å²) in [5, 5.41) is 2.96. The van der Waals surface area contributed by atoms with Crippen LogP contribution in [0.5, 0.6) is 0 Å². The molecule has 0 saturated carbocycles. The number of benzene rings is 2. The Kier molecular flexibility index (Phi) is 7.46. The van der Waals surface area contributed by atoms with Crippen LogP contribution >= 0.6 is 0 Å². The van der Waals surface area contributed by atoms with E-state index in [1.165, 1.54) is 0 Å². The van der Waals surface area contributed by atoms with Gasteiger partial charge >= 0.3 is 0 Å². The van der Waals surface area contributed by atoms with Crippen molar-refractivity contribution in [3.05, 3.63) is 65.7 Å². The van der Waals surface area contributed by atoms with Crippen LogP contribution in [0, 0.1) is 0 Å². The van der Waals surface area contributed by atoms with Crippen LogP contribution < -0.4 is 10.2 Å². The van der Waals surface area contributed by atoms with Crippen LogP contribution in [0.15, 0.2) is 54.6 Å². The fourth-order valence-electron chi connectivity index (χ4n) is 3.75. The molecule has 0 aliphatic carbocycles. The summed E-state index contributed by atoms with van der Waals surface area (Å²) in [5.41, 5.74) is 2.66. The molecule has 1 aliphatic rings. The molecule has 2 aromatic rings. The number of anilines is 1. The van der Waals surface area contributed by atoms with E-state index in [0.717, 1.165) is 17.8 Å². The van der Waals surface area contributed by atoms with E-state index in [1.807, 2.05) is 85.2 Å². The van der Waals surface area contributed by atoms with E-state index in [4.69, 9.17) is 4.74 Å². The highest BCUT2D eigenvalue weighted by Crippen LogP contribution is 2.15. The standard InChI is InChI=1S/C24H31N3O3/c1-4-26(22-8-6-5-7-9-22)17-23(28)25-14-20-10-12-21(13-11-20)24(29)27-15-18(2)30-19(3)16-27/h5-13,18-19H,4,14-17H2,1-3H3,(H,25,28). The number of nitrogens with zero attached hydrogens (tertiary/aromatic N) is 2. The molecule has 0 radical (unpaired) electrons. The molecule has 0 spiro atoms. The molecule has 1 aliphatic heterocycles. The summed E-state index contributed by atoms with van der Waals surface area (Å²) >= 11 is 0. The van der Waals surface area contributed by atoms with Gasteiger partial charge in [-0.05, 0) is 50.6 Å². The van der Waals surface area contributed by atoms with E-state index < -0.39 is 0 Å². The number of rotatable bonds is 7. The number of amides is 2. The van der Waals surface area contributed by atoms with Gasteiger partial charge in [0.15, 0.2) is 0 Å². The van der Waals surface area contributed by atoms with Gasteiger partial charge in [-0.15, -0.1) is 0 Å². The van der Waals surface area contributed by atoms with Crippen LogP contribution in [0.1, 0.15) is 36.7 Å². The molecule has 2 amide bonds. The number of nitrogens with one attached hydrogen (secondary N) is 1. The normalized spacial score (nSPS) is 18.7. The van der Waals surface area contributed by atoms with Gasteiger partial charge in [-0.2, -0.15) is 0 Å². The molecule has 2 aromatic carbocycles. The molecular formula is C24H31N3O3. The molecule has 2 atom stereocenters. The summed E-state index contributed by atoms with van der Waals surface area (Å²) in [5.74, 6) is -0.00816. The first kappa shape index (κ1) is 21.8. The van der Waals surface area contributed by atoms with Crippen LogP contribution in [0.4, 0.5) is 5.69 Å². The van der Waals surface area contributed by atoms with Gasteiger partial charge in [0.2, 0.25) is 5.91 Å². The number of ether oxygens (including phenoxy) is 1. The Morgan fingerprint density at radius 1 is 1.03 bits per heavy atom. The third kappa shape index (κ3) is 5.83. The number of morpholine rings is 1. The zero-order valence-corrected chi connectivity index (χ0v) is 18.0. The van der Waals surface area contributed by atoms with Crippen molar-refractivity contribution < 1.29 is 14.3 Å². The largest absolute Gasteiger partial charge is 0.372 e. The lowest BCUT2D eigenvalue weighted by Crippen LogP contribution is -2.48. The summed E-state index contributed by atoms with van der Waals surface area (Å²) in [7, 11) is 0.